The predicted octanol–water partition coefficient (Wildman–Crippen LogP) is 3.02. The number of nitrogens with zero attached hydrogens (tertiary/aromatic N) is 1. The Morgan fingerprint density at radius 3 is 2.20 bits per heavy atom. The molecule has 1 aromatic rings. The number of hydrogen-bond donors (Lipinski definition) is 3. The number of aryl methyl sites for hydroxylation is 2. The second-order valence-corrected chi connectivity index (χ2v) is 9.84. The van der Waals surface area contributed by atoms with E-state index in [0.717, 1.165) is 60.7 Å². The van der Waals surface area contributed by atoms with Gasteiger partial charge in [0.1, 0.15) is 0 Å². The summed E-state index contributed by atoms with van der Waals surface area (Å²) in [5, 5.41) is 12.8. The highest BCUT2D eigenvalue weighted by molar-refractivity contribution is 7.92. The van der Waals surface area contributed by atoms with E-state index in [1.807, 2.05) is 0 Å². The molecule has 0 unspecified atom stereocenters. The molecule has 3 amide bonds. The van der Waals surface area contributed by atoms with Gasteiger partial charge in [0.25, 0.3) is 10.0 Å². The molecule has 1 heterocycles. The van der Waals surface area contributed by atoms with Gasteiger partial charge in [0, 0.05) is 24.2 Å². The van der Waals surface area contributed by atoms with Crippen molar-refractivity contribution in [1.82, 2.24) is 9.62 Å². The normalized spacial score (nSPS) is 19.0. The highest BCUT2D eigenvalue weighted by Gasteiger charge is 2.26. The van der Waals surface area contributed by atoms with Crippen LogP contribution in [-0.2, 0) is 35.7 Å². The first-order valence-electron chi connectivity index (χ1n) is 10.5. The van der Waals surface area contributed by atoms with Gasteiger partial charge in [0.2, 0.25) is 0 Å². The van der Waals surface area contributed by atoms with Gasteiger partial charge in [0.15, 0.2) is 0 Å². The standard InChI is InChI=1S/C21H27N3O5S/c25-20(22-19-17-5-1-3-15(17)13-16-4-2-6-18(16)19)23-30(28,29)12-9-14-7-10-24(11-8-14)21(26)27/h9,12-14H,1-8,10-11H2,(H,26,27)(H2,22,23,25). The Morgan fingerprint density at radius 1 is 1.03 bits per heavy atom. The molecule has 4 rings (SSSR count). The maximum Gasteiger partial charge on any atom is 0.407 e. The molecular formula is C21H27N3O5S. The van der Waals surface area contributed by atoms with Crippen molar-refractivity contribution in [2.24, 2.45) is 5.92 Å². The second kappa shape index (κ2) is 8.29. The smallest absolute Gasteiger partial charge is 0.407 e. The molecule has 9 heteroatoms. The summed E-state index contributed by atoms with van der Waals surface area (Å²) in [6.07, 6.45) is 7.63. The molecule has 1 aliphatic heterocycles. The van der Waals surface area contributed by atoms with Crippen LogP contribution >= 0.6 is 0 Å². The van der Waals surface area contributed by atoms with Gasteiger partial charge < -0.3 is 15.3 Å². The number of rotatable bonds is 4. The molecule has 162 valence electrons. The second-order valence-electron chi connectivity index (χ2n) is 8.27. The Hall–Kier alpha value is -2.55. The maximum atomic E-state index is 12.5. The molecule has 0 aromatic heterocycles. The average molecular weight is 434 g/mol. The van der Waals surface area contributed by atoms with Gasteiger partial charge in [-0.3, -0.25) is 0 Å². The lowest BCUT2D eigenvalue weighted by Crippen LogP contribution is -2.37. The number of nitrogens with one attached hydrogen (secondary N) is 2. The average Bonchev–Trinajstić information content (AvgIpc) is 3.35. The minimum atomic E-state index is -3.93. The van der Waals surface area contributed by atoms with Crippen LogP contribution in [0.1, 0.15) is 47.9 Å². The van der Waals surface area contributed by atoms with Gasteiger partial charge in [0.05, 0.1) is 0 Å². The van der Waals surface area contributed by atoms with Crippen LogP contribution in [0.3, 0.4) is 0 Å². The van der Waals surface area contributed by atoms with Gasteiger partial charge in [-0.2, -0.15) is 0 Å². The van der Waals surface area contributed by atoms with Crippen LogP contribution in [0.2, 0.25) is 0 Å². The van der Waals surface area contributed by atoms with Crippen molar-refractivity contribution in [3.05, 3.63) is 39.8 Å². The summed E-state index contributed by atoms with van der Waals surface area (Å²) in [6, 6.07) is 1.51. The minimum absolute atomic E-state index is 0.0269. The zero-order valence-electron chi connectivity index (χ0n) is 16.8. The van der Waals surface area contributed by atoms with Gasteiger partial charge >= 0.3 is 12.1 Å². The molecule has 8 nitrogen and oxygen atoms in total. The number of piperidine rings is 1. The summed E-state index contributed by atoms with van der Waals surface area (Å²) in [4.78, 5) is 24.8. The first-order valence-corrected chi connectivity index (χ1v) is 12.0. The van der Waals surface area contributed by atoms with Crippen molar-refractivity contribution < 1.29 is 23.1 Å². The van der Waals surface area contributed by atoms with Crippen LogP contribution < -0.4 is 10.0 Å². The van der Waals surface area contributed by atoms with Crippen LogP contribution in [0.15, 0.2) is 17.6 Å². The van der Waals surface area contributed by atoms with Crippen molar-refractivity contribution in [3.63, 3.8) is 0 Å². The number of amides is 3. The van der Waals surface area contributed by atoms with E-state index in [9.17, 15) is 18.0 Å². The lowest BCUT2D eigenvalue weighted by molar-refractivity contribution is 0.129. The Labute approximate surface area is 176 Å². The number of fused-ring (bicyclic) bond motifs is 2. The molecule has 3 N–H and O–H groups in total. The fourth-order valence-electron chi connectivity index (χ4n) is 4.77. The maximum absolute atomic E-state index is 12.5. The summed E-state index contributed by atoms with van der Waals surface area (Å²) in [5.41, 5.74) is 5.62. The van der Waals surface area contributed by atoms with Crippen molar-refractivity contribution in [2.75, 3.05) is 18.4 Å². The van der Waals surface area contributed by atoms with Gasteiger partial charge in [-0.05, 0) is 79.5 Å². The molecule has 1 aromatic carbocycles. The summed E-state index contributed by atoms with van der Waals surface area (Å²) >= 11 is 0. The fourth-order valence-corrected chi connectivity index (χ4v) is 5.57. The fraction of sp³-hybridized carbons (Fsp3) is 0.524. The van der Waals surface area contributed by atoms with E-state index in [2.05, 4.69) is 16.1 Å². The van der Waals surface area contributed by atoms with Crippen molar-refractivity contribution in [1.29, 1.82) is 0 Å². The number of anilines is 1. The third kappa shape index (κ3) is 4.45. The quantitative estimate of drug-likeness (QED) is 0.675. The summed E-state index contributed by atoms with van der Waals surface area (Å²) in [7, 11) is -3.93. The Morgan fingerprint density at radius 2 is 1.63 bits per heavy atom. The SMILES string of the molecule is O=C(Nc1c2c(cc3c1CCC3)CCC2)NS(=O)(=O)C=CC1CCN(C(=O)O)CC1. The zero-order chi connectivity index (χ0) is 21.3. The van der Waals surface area contributed by atoms with Gasteiger partial charge in [-0.15, -0.1) is 0 Å². The topological polar surface area (TPSA) is 116 Å². The number of carbonyl (C=O) groups excluding carboxylic acids is 1. The molecule has 0 bridgehead atoms. The molecule has 0 atom stereocenters. The minimum Gasteiger partial charge on any atom is -0.465 e. The largest absolute Gasteiger partial charge is 0.465 e. The lowest BCUT2D eigenvalue weighted by Gasteiger charge is -2.28. The van der Waals surface area contributed by atoms with E-state index in [-0.39, 0.29) is 5.92 Å². The predicted molar refractivity (Wildman–Crippen MR) is 113 cm³/mol. The van der Waals surface area contributed by atoms with Crippen LogP contribution in [0.4, 0.5) is 15.3 Å². The van der Waals surface area contributed by atoms with E-state index >= 15 is 0 Å². The summed E-state index contributed by atoms with van der Waals surface area (Å²) in [6.45, 7) is 0.755. The van der Waals surface area contributed by atoms with E-state index < -0.39 is 22.1 Å². The molecule has 30 heavy (non-hydrogen) atoms. The number of urea groups is 1. The molecule has 1 fully saturated rings. The first kappa shape index (κ1) is 20.7. The van der Waals surface area contributed by atoms with Crippen molar-refractivity contribution >= 4 is 27.8 Å². The van der Waals surface area contributed by atoms with Gasteiger partial charge in [-0.1, -0.05) is 12.1 Å². The van der Waals surface area contributed by atoms with E-state index in [0.29, 0.717) is 25.9 Å². The van der Waals surface area contributed by atoms with E-state index in [4.69, 9.17) is 5.11 Å². The Bertz CT molecular complexity index is 962. The van der Waals surface area contributed by atoms with Crippen LogP contribution in [-0.4, -0.2) is 43.6 Å². The van der Waals surface area contributed by atoms with Crippen molar-refractivity contribution in [3.8, 4) is 0 Å². The highest BCUT2D eigenvalue weighted by atomic mass is 32.2. The molecule has 0 radical (unpaired) electrons. The Kier molecular flexibility index (Phi) is 5.73. The van der Waals surface area contributed by atoms with Crippen molar-refractivity contribution in [2.45, 2.75) is 51.4 Å². The van der Waals surface area contributed by atoms with Crippen LogP contribution in [0, 0.1) is 5.92 Å². The monoisotopic (exact) mass is 433 g/mol. The van der Waals surface area contributed by atoms with Gasteiger partial charge in [-0.25, -0.2) is 22.7 Å². The number of sulfonamides is 1. The Balaban J connectivity index is 1.39. The number of likely N-dealkylation sites (tertiary alicyclic amines) is 1. The van der Waals surface area contributed by atoms with E-state index in [1.165, 1.54) is 16.0 Å². The number of carboxylic acid groups (broad SMARTS) is 1. The third-order valence-corrected chi connectivity index (χ3v) is 7.27. The summed E-state index contributed by atoms with van der Waals surface area (Å²) in [5.74, 6) is -0.0269. The first-order chi connectivity index (χ1) is 14.3. The molecule has 0 spiro atoms. The molecule has 2 aliphatic carbocycles. The molecular weight excluding hydrogens is 406 g/mol. The zero-order valence-corrected chi connectivity index (χ0v) is 17.6. The van der Waals surface area contributed by atoms with E-state index in [1.54, 1.807) is 6.08 Å². The van der Waals surface area contributed by atoms with Crippen LogP contribution in [0.25, 0.3) is 0 Å². The lowest BCUT2D eigenvalue weighted by atomic mass is 9.97. The number of allylic oxidation sites excluding steroid dienone is 1. The molecule has 0 saturated carbocycles. The number of carbonyl (C=O) groups is 2. The number of hydrogen-bond acceptors (Lipinski definition) is 4. The highest BCUT2D eigenvalue weighted by Crippen LogP contribution is 2.38. The summed E-state index contributed by atoms with van der Waals surface area (Å²) < 4.78 is 26.8. The third-order valence-electron chi connectivity index (χ3n) is 6.29. The number of benzene rings is 1. The molecule has 3 aliphatic rings. The van der Waals surface area contributed by atoms with Crippen LogP contribution in [0.5, 0.6) is 0 Å². The molecule has 1 saturated heterocycles.